The van der Waals surface area contributed by atoms with Crippen molar-refractivity contribution in [1.29, 1.82) is 0 Å². The number of aryl methyl sites for hydroxylation is 1. The lowest BCUT2D eigenvalue weighted by Crippen LogP contribution is -2.35. The van der Waals surface area contributed by atoms with Crippen molar-refractivity contribution in [1.82, 2.24) is 0 Å². The quantitative estimate of drug-likeness (QED) is 0.664. The van der Waals surface area contributed by atoms with E-state index in [0.29, 0.717) is 19.1 Å². The first-order valence-corrected chi connectivity index (χ1v) is 8.50. The van der Waals surface area contributed by atoms with E-state index in [4.69, 9.17) is 15.2 Å². The molecule has 2 fully saturated rings. The minimum atomic E-state index is -0.356. The molecule has 1 unspecified atom stereocenters. The highest BCUT2D eigenvalue weighted by atomic mass is 16.7. The number of nitrogens with zero attached hydrogens (tertiary/aromatic N) is 1. The first-order chi connectivity index (χ1) is 11.0. The van der Waals surface area contributed by atoms with E-state index in [9.17, 15) is 0 Å². The largest absolute Gasteiger partial charge is 0.370 e. The number of nitrogens with one attached hydrogen (secondary N) is 1. The fraction of sp³-hybridized carbons (Fsp3) is 0.611. The Morgan fingerprint density at radius 3 is 2.91 bits per heavy atom. The average Bonchev–Trinajstić information content (AvgIpc) is 2.92. The molecule has 5 heteroatoms. The number of hydrogen-bond donors (Lipinski definition) is 2. The molecule has 2 aliphatic rings. The fourth-order valence-electron chi connectivity index (χ4n) is 3.28. The fourth-order valence-corrected chi connectivity index (χ4v) is 3.28. The van der Waals surface area contributed by atoms with Gasteiger partial charge in [0.1, 0.15) is 6.10 Å². The van der Waals surface area contributed by atoms with Crippen LogP contribution >= 0.6 is 0 Å². The van der Waals surface area contributed by atoms with Gasteiger partial charge in [0.15, 0.2) is 11.7 Å². The van der Waals surface area contributed by atoms with Crippen LogP contribution in [0.5, 0.6) is 0 Å². The smallest absolute Gasteiger partial charge is 0.193 e. The molecule has 126 valence electrons. The molecule has 1 aliphatic carbocycles. The zero-order chi connectivity index (χ0) is 16.3. The summed E-state index contributed by atoms with van der Waals surface area (Å²) >= 11 is 0. The Morgan fingerprint density at radius 2 is 2.17 bits per heavy atom. The number of hydrogen-bond acceptors (Lipinski definition) is 3. The van der Waals surface area contributed by atoms with E-state index < -0.39 is 0 Å². The van der Waals surface area contributed by atoms with E-state index in [1.54, 1.807) is 0 Å². The van der Waals surface area contributed by atoms with E-state index in [-0.39, 0.29) is 11.9 Å². The number of guanidine groups is 1. The highest BCUT2D eigenvalue weighted by Gasteiger charge is 2.43. The minimum absolute atomic E-state index is 0.00117. The molecule has 0 radical (unpaired) electrons. The highest BCUT2D eigenvalue weighted by molar-refractivity contribution is 5.92. The molecular weight excluding hydrogens is 290 g/mol. The van der Waals surface area contributed by atoms with Crippen molar-refractivity contribution in [3.8, 4) is 0 Å². The summed E-state index contributed by atoms with van der Waals surface area (Å²) in [7, 11) is 0. The summed E-state index contributed by atoms with van der Waals surface area (Å²) in [6.45, 7) is 5.48. The van der Waals surface area contributed by atoms with Crippen LogP contribution in [0.4, 0.5) is 5.69 Å². The van der Waals surface area contributed by atoms with Crippen LogP contribution in [-0.4, -0.2) is 31.0 Å². The van der Waals surface area contributed by atoms with Gasteiger partial charge in [0.25, 0.3) is 0 Å². The number of benzene rings is 1. The van der Waals surface area contributed by atoms with Crippen LogP contribution in [0.25, 0.3) is 0 Å². The first kappa shape index (κ1) is 16.3. The third-order valence-corrected chi connectivity index (χ3v) is 4.71. The lowest BCUT2D eigenvalue weighted by atomic mass is 9.86. The monoisotopic (exact) mass is 317 g/mol. The normalized spacial score (nSPS) is 31.5. The van der Waals surface area contributed by atoms with Crippen LogP contribution in [0.2, 0.25) is 0 Å². The second kappa shape index (κ2) is 6.89. The predicted molar refractivity (Wildman–Crippen MR) is 92.5 cm³/mol. The third-order valence-electron chi connectivity index (χ3n) is 4.71. The van der Waals surface area contributed by atoms with Crippen molar-refractivity contribution in [2.45, 2.75) is 51.4 Å². The van der Waals surface area contributed by atoms with Gasteiger partial charge in [-0.2, -0.15) is 0 Å². The van der Waals surface area contributed by atoms with E-state index >= 15 is 0 Å². The molecule has 0 amide bonds. The van der Waals surface area contributed by atoms with Crippen LogP contribution in [-0.2, 0) is 9.47 Å². The summed E-state index contributed by atoms with van der Waals surface area (Å²) in [4.78, 5) is 4.40. The summed E-state index contributed by atoms with van der Waals surface area (Å²) < 4.78 is 12.1. The summed E-state index contributed by atoms with van der Waals surface area (Å²) in [6, 6.07) is 8.05. The SMILES string of the molecule is Cc1cccc(NC(N)=NCC2COC3(CCC(C)CC3)O2)c1. The number of nitrogens with two attached hydrogens (primary N) is 1. The maximum Gasteiger partial charge on any atom is 0.193 e. The molecule has 1 aliphatic heterocycles. The Bertz CT molecular complexity index is 565. The maximum absolute atomic E-state index is 6.15. The molecule has 1 heterocycles. The van der Waals surface area contributed by atoms with E-state index in [0.717, 1.165) is 24.4 Å². The van der Waals surface area contributed by atoms with Crippen molar-refractivity contribution in [3.05, 3.63) is 29.8 Å². The van der Waals surface area contributed by atoms with Gasteiger partial charge in [0.2, 0.25) is 0 Å². The molecule has 23 heavy (non-hydrogen) atoms. The summed E-state index contributed by atoms with van der Waals surface area (Å²) in [6.07, 6.45) is 4.33. The Hall–Kier alpha value is -1.59. The standard InChI is InChI=1S/C18H27N3O2/c1-13-6-8-18(9-7-13)22-12-16(23-18)11-20-17(19)21-15-5-3-4-14(2)10-15/h3-5,10,13,16H,6-9,11-12H2,1-2H3,(H3,19,20,21). The third kappa shape index (κ3) is 4.24. The summed E-state index contributed by atoms with van der Waals surface area (Å²) in [5, 5.41) is 3.11. The average molecular weight is 317 g/mol. The van der Waals surface area contributed by atoms with E-state index in [2.05, 4.69) is 17.2 Å². The highest BCUT2D eigenvalue weighted by Crippen LogP contribution is 2.39. The van der Waals surface area contributed by atoms with Gasteiger partial charge in [-0.05, 0) is 43.4 Å². The first-order valence-electron chi connectivity index (χ1n) is 8.50. The minimum Gasteiger partial charge on any atom is -0.370 e. The van der Waals surface area contributed by atoms with Gasteiger partial charge in [-0.25, -0.2) is 0 Å². The number of aliphatic imine (C=N–C) groups is 1. The van der Waals surface area contributed by atoms with Crippen molar-refractivity contribution in [2.24, 2.45) is 16.6 Å². The molecule has 1 saturated heterocycles. The lowest BCUT2D eigenvalue weighted by molar-refractivity contribution is -0.190. The second-order valence-electron chi connectivity index (χ2n) is 6.86. The Kier molecular flexibility index (Phi) is 4.87. The molecule has 0 aromatic heterocycles. The molecular formula is C18H27N3O2. The van der Waals surface area contributed by atoms with Gasteiger partial charge >= 0.3 is 0 Å². The molecule has 1 spiro atoms. The maximum atomic E-state index is 6.15. The van der Waals surface area contributed by atoms with Gasteiger partial charge in [0, 0.05) is 18.5 Å². The number of rotatable bonds is 3. The Labute approximate surface area is 138 Å². The lowest BCUT2D eigenvalue weighted by Gasteiger charge is -2.34. The van der Waals surface area contributed by atoms with Crippen LogP contribution in [0.1, 0.15) is 38.2 Å². The van der Waals surface area contributed by atoms with Gasteiger partial charge in [-0.1, -0.05) is 19.1 Å². The molecule has 1 atom stereocenters. The molecule has 1 aromatic rings. The van der Waals surface area contributed by atoms with Crippen molar-refractivity contribution in [3.63, 3.8) is 0 Å². The van der Waals surface area contributed by atoms with Crippen molar-refractivity contribution < 1.29 is 9.47 Å². The van der Waals surface area contributed by atoms with Gasteiger partial charge in [-0.3, -0.25) is 4.99 Å². The summed E-state index contributed by atoms with van der Waals surface area (Å²) in [5.41, 5.74) is 8.10. The molecule has 3 rings (SSSR count). The van der Waals surface area contributed by atoms with Gasteiger partial charge in [0.05, 0.1) is 13.2 Å². The van der Waals surface area contributed by atoms with Crippen LogP contribution in [0.15, 0.2) is 29.3 Å². The van der Waals surface area contributed by atoms with E-state index in [1.165, 1.54) is 18.4 Å². The van der Waals surface area contributed by atoms with E-state index in [1.807, 2.05) is 31.2 Å². The van der Waals surface area contributed by atoms with Gasteiger partial charge < -0.3 is 20.5 Å². The van der Waals surface area contributed by atoms with Gasteiger partial charge in [-0.15, -0.1) is 0 Å². The molecule has 3 N–H and O–H groups in total. The summed E-state index contributed by atoms with van der Waals surface area (Å²) in [5.74, 6) is 0.835. The van der Waals surface area contributed by atoms with Crippen LogP contribution < -0.4 is 11.1 Å². The topological polar surface area (TPSA) is 68.9 Å². The molecule has 1 aromatic carbocycles. The van der Waals surface area contributed by atoms with Crippen molar-refractivity contribution >= 4 is 11.6 Å². The zero-order valence-electron chi connectivity index (χ0n) is 14.0. The van der Waals surface area contributed by atoms with Crippen LogP contribution in [0, 0.1) is 12.8 Å². The number of ether oxygens (including phenoxy) is 2. The molecule has 5 nitrogen and oxygen atoms in total. The second-order valence-corrected chi connectivity index (χ2v) is 6.86. The van der Waals surface area contributed by atoms with Crippen LogP contribution in [0.3, 0.4) is 0 Å². The molecule has 0 bridgehead atoms. The Morgan fingerprint density at radius 1 is 1.39 bits per heavy atom. The van der Waals surface area contributed by atoms with Crippen molar-refractivity contribution in [2.75, 3.05) is 18.5 Å². The Balaban J connectivity index is 1.50. The molecule has 1 saturated carbocycles. The zero-order valence-corrected chi connectivity index (χ0v) is 14.0. The number of anilines is 1. The predicted octanol–water partition coefficient (Wildman–Crippen LogP) is 3.04.